The van der Waals surface area contributed by atoms with E-state index in [2.05, 4.69) is 41.0 Å². The van der Waals surface area contributed by atoms with Crippen molar-refractivity contribution in [3.8, 4) is 0 Å². The fraction of sp³-hybridized carbons (Fsp3) is 0.583. The molecule has 0 amide bonds. The Bertz CT molecular complexity index is 444. The smallest absolute Gasteiger partial charge is 0.162 e. The monoisotopic (exact) mass is 248 g/mol. The van der Waals surface area contributed by atoms with E-state index >= 15 is 0 Å². The molecule has 0 bridgehead atoms. The second kappa shape index (κ2) is 4.89. The van der Waals surface area contributed by atoms with E-state index in [1.54, 1.807) is 12.3 Å². The molecule has 6 nitrogen and oxygen atoms in total. The van der Waals surface area contributed by atoms with Crippen LogP contribution in [0.1, 0.15) is 12.5 Å². The summed E-state index contributed by atoms with van der Waals surface area (Å²) in [5.41, 5.74) is 6.25. The molecular weight excluding hydrogens is 228 g/mol. The number of nitrogens with one attached hydrogen (secondary N) is 1. The highest BCUT2D eigenvalue weighted by molar-refractivity contribution is 5.99. The SMILES string of the molecule is CC1CN(c2nnccc2C(=N)N)CC1N(C)C. The zero-order chi connectivity index (χ0) is 13.3. The minimum atomic E-state index is 0.0425. The van der Waals surface area contributed by atoms with Crippen molar-refractivity contribution in [2.75, 3.05) is 32.1 Å². The van der Waals surface area contributed by atoms with E-state index in [0.29, 0.717) is 17.5 Å². The highest BCUT2D eigenvalue weighted by atomic mass is 15.3. The van der Waals surface area contributed by atoms with Crippen LogP contribution in [-0.2, 0) is 0 Å². The number of nitrogens with two attached hydrogens (primary N) is 1. The molecule has 0 spiro atoms. The fourth-order valence-corrected chi connectivity index (χ4v) is 2.56. The number of amidine groups is 1. The maximum absolute atomic E-state index is 7.60. The molecule has 6 heteroatoms. The Labute approximate surface area is 107 Å². The topological polar surface area (TPSA) is 82.1 Å². The van der Waals surface area contributed by atoms with E-state index in [0.717, 1.165) is 18.9 Å². The highest BCUT2D eigenvalue weighted by Crippen LogP contribution is 2.26. The average molecular weight is 248 g/mol. The standard InChI is InChI=1S/C12H20N6/c1-8-6-18(7-10(8)17(2)3)12-9(11(13)14)4-5-15-16-12/h4-5,8,10H,6-7H2,1-3H3,(H3,13,14). The summed E-state index contributed by atoms with van der Waals surface area (Å²) in [6, 6.07) is 2.24. The highest BCUT2D eigenvalue weighted by Gasteiger charge is 2.33. The maximum Gasteiger partial charge on any atom is 0.162 e. The number of anilines is 1. The molecule has 1 fully saturated rings. The zero-order valence-electron chi connectivity index (χ0n) is 11.1. The maximum atomic E-state index is 7.60. The Balaban J connectivity index is 2.26. The van der Waals surface area contributed by atoms with E-state index in [1.165, 1.54) is 0 Å². The first-order chi connectivity index (χ1) is 8.50. The number of aromatic nitrogens is 2. The minimum absolute atomic E-state index is 0.0425. The summed E-state index contributed by atoms with van der Waals surface area (Å²) in [6.45, 7) is 4.05. The zero-order valence-corrected chi connectivity index (χ0v) is 11.1. The molecule has 1 aliphatic heterocycles. The van der Waals surface area contributed by atoms with Gasteiger partial charge < -0.3 is 15.5 Å². The van der Waals surface area contributed by atoms with Crippen LogP contribution in [-0.4, -0.2) is 54.2 Å². The first-order valence-corrected chi connectivity index (χ1v) is 6.08. The number of hydrogen-bond acceptors (Lipinski definition) is 5. The molecule has 2 heterocycles. The molecule has 2 atom stereocenters. The van der Waals surface area contributed by atoms with Crippen molar-refractivity contribution in [1.82, 2.24) is 15.1 Å². The Kier molecular flexibility index (Phi) is 3.47. The van der Waals surface area contributed by atoms with Gasteiger partial charge in [0.15, 0.2) is 5.82 Å². The first kappa shape index (κ1) is 12.8. The Hall–Kier alpha value is -1.69. The summed E-state index contributed by atoms with van der Waals surface area (Å²) < 4.78 is 0. The third-order valence-corrected chi connectivity index (χ3v) is 3.53. The number of likely N-dealkylation sites (N-methyl/N-ethyl adjacent to an activating group) is 1. The Morgan fingerprint density at radius 2 is 2.22 bits per heavy atom. The molecule has 1 aromatic rings. The third-order valence-electron chi connectivity index (χ3n) is 3.53. The quantitative estimate of drug-likeness (QED) is 0.587. The van der Waals surface area contributed by atoms with Crippen LogP contribution in [0.5, 0.6) is 0 Å². The van der Waals surface area contributed by atoms with Crippen LogP contribution in [0.15, 0.2) is 12.3 Å². The second-order valence-electron chi connectivity index (χ2n) is 5.10. The van der Waals surface area contributed by atoms with Crippen LogP contribution < -0.4 is 10.6 Å². The van der Waals surface area contributed by atoms with Crippen LogP contribution >= 0.6 is 0 Å². The van der Waals surface area contributed by atoms with Crippen molar-refractivity contribution in [2.24, 2.45) is 11.7 Å². The van der Waals surface area contributed by atoms with Gasteiger partial charge in [0.1, 0.15) is 5.84 Å². The minimum Gasteiger partial charge on any atom is -0.384 e. The molecule has 2 unspecified atom stereocenters. The van der Waals surface area contributed by atoms with E-state index in [9.17, 15) is 0 Å². The van der Waals surface area contributed by atoms with Gasteiger partial charge in [-0.25, -0.2) is 0 Å². The molecular formula is C12H20N6. The molecule has 0 aromatic carbocycles. The summed E-state index contributed by atoms with van der Waals surface area (Å²) in [5, 5.41) is 15.7. The van der Waals surface area contributed by atoms with E-state index in [1.807, 2.05) is 0 Å². The van der Waals surface area contributed by atoms with Gasteiger partial charge in [-0.2, -0.15) is 5.10 Å². The van der Waals surface area contributed by atoms with Crippen molar-refractivity contribution in [2.45, 2.75) is 13.0 Å². The number of hydrogen-bond donors (Lipinski definition) is 2. The lowest BCUT2D eigenvalue weighted by atomic mass is 10.1. The normalized spacial score (nSPS) is 23.7. The number of nitrogen functional groups attached to an aromatic ring is 1. The third kappa shape index (κ3) is 2.28. The largest absolute Gasteiger partial charge is 0.384 e. The second-order valence-corrected chi connectivity index (χ2v) is 5.10. The van der Waals surface area contributed by atoms with Crippen molar-refractivity contribution in [1.29, 1.82) is 5.41 Å². The lowest BCUT2D eigenvalue weighted by molar-refractivity contribution is 0.266. The van der Waals surface area contributed by atoms with Gasteiger partial charge in [0.25, 0.3) is 0 Å². The number of rotatable bonds is 3. The Morgan fingerprint density at radius 1 is 1.50 bits per heavy atom. The van der Waals surface area contributed by atoms with Crippen LogP contribution in [0.4, 0.5) is 5.82 Å². The summed E-state index contributed by atoms with van der Waals surface area (Å²) >= 11 is 0. The van der Waals surface area contributed by atoms with Gasteiger partial charge in [-0.05, 0) is 26.1 Å². The van der Waals surface area contributed by atoms with Gasteiger partial charge in [0.05, 0.1) is 11.8 Å². The summed E-state index contributed by atoms with van der Waals surface area (Å²) in [4.78, 5) is 4.40. The summed E-state index contributed by atoms with van der Waals surface area (Å²) in [5.74, 6) is 1.32. The lowest BCUT2D eigenvalue weighted by Gasteiger charge is -2.23. The molecule has 0 saturated carbocycles. The summed E-state index contributed by atoms with van der Waals surface area (Å²) in [7, 11) is 4.18. The van der Waals surface area contributed by atoms with Crippen molar-refractivity contribution < 1.29 is 0 Å². The molecule has 98 valence electrons. The molecule has 0 radical (unpaired) electrons. The molecule has 3 N–H and O–H groups in total. The van der Waals surface area contributed by atoms with Gasteiger partial charge in [0, 0.05) is 19.1 Å². The van der Waals surface area contributed by atoms with Crippen LogP contribution in [0.2, 0.25) is 0 Å². The van der Waals surface area contributed by atoms with E-state index in [-0.39, 0.29) is 5.84 Å². The van der Waals surface area contributed by atoms with Crippen LogP contribution in [0, 0.1) is 11.3 Å². The molecule has 18 heavy (non-hydrogen) atoms. The van der Waals surface area contributed by atoms with Crippen LogP contribution in [0.3, 0.4) is 0 Å². The molecule has 1 aliphatic rings. The predicted octanol–water partition coefficient (Wildman–Crippen LogP) is 0.147. The van der Waals surface area contributed by atoms with Gasteiger partial charge in [0.2, 0.25) is 0 Å². The van der Waals surface area contributed by atoms with Crippen molar-refractivity contribution >= 4 is 11.7 Å². The van der Waals surface area contributed by atoms with Gasteiger partial charge in [-0.1, -0.05) is 6.92 Å². The van der Waals surface area contributed by atoms with Crippen molar-refractivity contribution in [3.63, 3.8) is 0 Å². The Morgan fingerprint density at radius 3 is 2.78 bits per heavy atom. The number of nitrogens with zero attached hydrogens (tertiary/aromatic N) is 4. The molecule has 0 aliphatic carbocycles. The summed E-state index contributed by atoms with van der Waals surface area (Å²) in [6.07, 6.45) is 1.57. The fourth-order valence-electron chi connectivity index (χ4n) is 2.56. The predicted molar refractivity (Wildman–Crippen MR) is 71.9 cm³/mol. The average Bonchev–Trinajstić information content (AvgIpc) is 2.71. The van der Waals surface area contributed by atoms with Gasteiger partial charge >= 0.3 is 0 Å². The van der Waals surface area contributed by atoms with E-state index < -0.39 is 0 Å². The molecule has 1 aromatic heterocycles. The lowest BCUT2D eigenvalue weighted by Crippen LogP contribution is -2.34. The molecule has 1 saturated heterocycles. The van der Waals surface area contributed by atoms with Gasteiger partial charge in [-0.15, -0.1) is 5.10 Å². The van der Waals surface area contributed by atoms with Gasteiger partial charge in [-0.3, -0.25) is 5.41 Å². The van der Waals surface area contributed by atoms with Crippen molar-refractivity contribution in [3.05, 3.63) is 17.8 Å². The molecule has 2 rings (SSSR count). The van der Waals surface area contributed by atoms with Crippen LogP contribution in [0.25, 0.3) is 0 Å². The van der Waals surface area contributed by atoms with E-state index in [4.69, 9.17) is 11.1 Å². The first-order valence-electron chi connectivity index (χ1n) is 6.08.